The van der Waals surface area contributed by atoms with E-state index in [0.29, 0.717) is 0 Å². The maximum atomic E-state index is 9.27. The zero-order valence-electron chi connectivity index (χ0n) is 7.28. The van der Waals surface area contributed by atoms with Crippen LogP contribution in [0.4, 0.5) is 0 Å². The van der Waals surface area contributed by atoms with Crippen LogP contribution in [-0.4, -0.2) is 15.3 Å². The molecular weight excluding hydrogens is 164 g/mol. The first-order chi connectivity index (χ1) is 6.27. The van der Waals surface area contributed by atoms with Gasteiger partial charge in [-0.2, -0.15) is 5.10 Å². The summed E-state index contributed by atoms with van der Waals surface area (Å²) < 4.78 is 0. The molecule has 0 amide bonds. The molecule has 1 aromatic heterocycles. The first kappa shape index (κ1) is 7.86. The fourth-order valence-corrected chi connectivity index (χ4v) is 1.32. The number of phenols is 1. The lowest BCUT2D eigenvalue weighted by atomic mass is 10.1. The minimum absolute atomic E-state index is 0.276. The third kappa shape index (κ3) is 1.40. The summed E-state index contributed by atoms with van der Waals surface area (Å²) in [6, 6.07) is 7.13. The summed E-state index contributed by atoms with van der Waals surface area (Å²) in [5.74, 6) is 0.276. The highest BCUT2D eigenvalue weighted by Gasteiger charge is 2.03. The second kappa shape index (κ2) is 2.94. The molecular formula is C10H10N2O. The molecule has 0 spiro atoms. The summed E-state index contributed by atoms with van der Waals surface area (Å²) in [6.07, 6.45) is 1.82. The van der Waals surface area contributed by atoms with Gasteiger partial charge in [-0.15, -0.1) is 0 Å². The maximum absolute atomic E-state index is 9.27. The van der Waals surface area contributed by atoms with Crippen molar-refractivity contribution < 1.29 is 5.11 Å². The highest BCUT2D eigenvalue weighted by molar-refractivity contribution is 5.66. The molecule has 0 aliphatic rings. The largest absolute Gasteiger partial charge is 0.508 e. The third-order valence-electron chi connectivity index (χ3n) is 1.99. The summed E-state index contributed by atoms with van der Waals surface area (Å²) in [4.78, 5) is 0. The molecule has 0 unspecified atom stereocenters. The Hall–Kier alpha value is -1.77. The number of aromatic nitrogens is 2. The van der Waals surface area contributed by atoms with Crippen LogP contribution in [-0.2, 0) is 0 Å². The fraction of sp³-hybridized carbons (Fsp3) is 0.100. The van der Waals surface area contributed by atoms with Gasteiger partial charge in [-0.25, -0.2) is 0 Å². The Morgan fingerprint density at radius 3 is 2.85 bits per heavy atom. The van der Waals surface area contributed by atoms with Gasteiger partial charge in [0.1, 0.15) is 5.75 Å². The second-order valence-corrected chi connectivity index (χ2v) is 2.93. The van der Waals surface area contributed by atoms with Gasteiger partial charge in [0, 0.05) is 11.8 Å². The summed E-state index contributed by atoms with van der Waals surface area (Å²) in [7, 11) is 0. The predicted molar refractivity (Wildman–Crippen MR) is 50.4 cm³/mol. The van der Waals surface area contributed by atoms with E-state index in [4.69, 9.17) is 0 Å². The molecule has 0 radical (unpaired) electrons. The Labute approximate surface area is 76.0 Å². The van der Waals surface area contributed by atoms with Crippen LogP contribution < -0.4 is 0 Å². The number of benzene rings is 1. The Bertz CT molecular complexity index is 420. The number of nitrogens with zero attached hydrogens (tertiary/aromatic N) is 1. The normalized spacial score (nSPS) is 10.2. The van der Waals surface area contributed by atoms with Crippen molar-refractivity contribution >= 4 is 0 Å². The molecule has 2 aromatic rings. The van der Waals surface area contributed by atoms with Crippen LogP contribution in [0.3, 0.4) is 0 Å². The van der Waals surface area contributed by atoms with Gasteiger partial charge in [-0.1, -0.05) is 12.1 Å². The van der Waals surface area contributed by atoms with Crippen molar-refractivity contribution in [3.8, 4) is 16.9 Å². The number of aryl methyl sites for hydroxylation is 1. The molecule has 13 heavy (non-hydrogen) atoms. The van der Waals surface area contributed by atoms with E-state index in [1.54, 1.807) is 12.1 Å². The predicted octanol–water partition coefficient (Wildman–Crippen LogP) is 2.09. The van der Waals surface area contributed by atoms with E-state index in [9.17, 15) is 5.11 Å². The molecule has 1 aromatic carbocycles. The minimum atomic E-state index is 0.276. The van der Waals surface area contributed by atoms with Crippen LogP contribution >= 0.6 is 0 Å². The second-order valence-electron chi connectivity index (χ2n) is 2.93. The van der Waals surface area contributed by atoms with Crippen LogP contribution in [0.2, 0.25) is 0 Å². The van der Waals surface area contributed by atoms with Gasteiger partial charge in [0.05, 0.1) is 5.69 Å². The quantitative estimate of drug-likeness (QED) is 0.695. The van der Waals surface area contributed by atoms with Gasteiger partial charge in [0.25, 0.3) is 0 Å². The number of rotatable bonds is 1. The van der Waals surface area contributed by atoms with Gasteiger partial charge in [-0.3, -0.25) is 5.10 Å². The van der Waals surface area contributed by atoms with E-state index in [0.717, 1.165) is 16.8 Å². The van der Waals surface area contributed by atoms with E-state index >= 15 is 0 Å². The van der Waals surface area contributed by atoms with Crippen molar-refractivity contribution in [3.05, 3.63) is 36.2 Å². The van der Waals surface area contributed by atoms with Crippen molar-refractivity contribution in [2.24, 2.45) is 0 Å². The Morgan fingerprint density at radius 1 is 1.38 bits per heavy atom. The highest BCUT2D eigenvalue weighted by Crippen LogP contribution is 2.24. The van der Waals surface area contributed by atoms with E-state index in [1.807, 2.05) is 25.3 Å². The molecule has 0 saturated heterocycles. The van der Waals surface area contributed by atoms with Crippen LogP contribution in [0.25, 0.3) is 11.1 Å². The highest BCUT2D eigenvalue weighted by atomic mass is 16.3. The molecule has 0 saturated carbocycles. The molecule has 2 rings (SSSR count). The lowest BCUT2D eigenvalue weighted by molar-refractivity contribution is 0.475. The smallest absolute Gasteiger partial charge is 0.116 e. The number of nitrogens with one attached hydrogen (secondary N) is 1. The number of hydrogen-bond donors (Lipinski definition) is 2. The van der Waals surface area contributed by atoms with Crippen molar-refractivity contribution in [1.29, 1.82) is 0 Å². The number of aromatic amines is 1. The molecule has 1 heterocycles. The number of aromatic hydroxyl groups is 1. The van der Waals surface area contributed by atoms with Crippen LogP contribution in [0.15, 0.2) is 30.5 Å². The molecule has 0 fully saturated rings. The zero-order valence-corrected chi connectivity index (χ0v) is 7.28. The maximum Gasteiger partial charge on any atom is 0.116 e. The monoisotopic (exact) mass is 174 g/mol. The topological polar surface area (TPSA) is 48.9 Å². The molecule has 0 aliphatic carbocycles. The van der Waals surface area contributed by atoms with E-state index in [1.165, 1.54) is 0 Å². The Morgan fingerprint density at radius 2 is 2.23 bits per heavy atom. The number of phenolic OH excluding ortho intramolecular Hbond substituents is 1. The number of H-pyrrole nitrogens is 1. The van der Waals surface area contributed by atoms with E-state index in [-0.39, 0.29) is 5.75 Å². The molecule has 3 nitrogen and oxygen atoms in total. The summed E-state index contributed by atoms with van der Waals surface area (Å²) in [5.41, 5.74) is 2.94. The molecule has 0 bridgehead atoms. The van der Waals surface area contributed by atoms with Crippen molar-refractivity contribution in [2.75, 3.05) is 0 Å². The lowest BCUT2D eigenvalue weighted by Gasteiger charge is -1.98. The standard InChI is InChI=1S/C10H10N2O/c1-7-10(6-11-12-7)8-3-2-4-9(13)5-8/h2-6,13H,1H3,(H,11,12). The van der Waals surface area contributed by atoms with Gasteiger partial charge in [0.2, 0.25) is 0 Å². The van der Waals surface area contributed by atoms with E-state index in [2.05, 4.69) is 10.2 Å². The van der Waals surface area contributed by atoms with Gasteiger partial charge in [-0.05, 0) is 24.6 Å². The SMILES string of the molecule is Cc1n[nH]cc1-c1cccc(O)c1. The number of hydrogen-bond acceptors (Lipinski definition) is 2. The first-order valence-corrected chi connectivity index (χ1v) is 4.07. The van der Waals surface area contributed by atoms with Crippen LogP contribution in [0, 0.1) is 6.92 Å². The zero-order chi connectivity index (χ0) is 9.26. The average molecular weight is 174 g/mol. The van der Waals surface area contributed by atoms with Crippen LogP contribution in [0.1, 0.15) is 5.69 Å². The summed E-state index contributed by atoms with van der Waals surface area (Å²) >= 11 is 0. The first-order valence-electron chi connectivity index (χ1n) is 4.07. The third-order valence-corrected chi connectivity index (χ3v) is 1.99. The average Bonchev–Trinajstić information content (AvgIpc) is 2.51. The Balaban J connectivity index is 2.53. The fourth-order valence-electron chi connectivity index (χ4n) is 1.32. The van der Waals surface area contributed by atoms with Crippen molar-refractivity contribution in [2.45, 2.75) is 6.92 Å². The molecule has 0 aliphatic heterocycles. The molecule has 0 atom stereocenters. The van der Waals surface area contributed by atoms with Crippen molar-refractivity contribution in [1.82, 2.24) is 10.2 Å². The van der Waals surface area contributed by atoms with Crippen molar-refractivity contribution in [3.63, 3.8) is 0 Å². The van der Waals surface area contributed by atoms with Gasteiger partial charge in [0.15, 0.2) is 0 Å². The van der Waals surface area contributed by atoms with E-state index < -0.39 is 0 Å². The van der Waals surface area contributed by atoms with Gasteiger partial charge < -0.3 is 5.11 Å². The Kier molecular flexibility index (Phi) is 1.77. The molecule has 66 valence electrons. The van der Waals surface area contributed by atoms with Crippen LogP contribution in [0.5, 0.6) is 5.75 Å². The van der Waals surface area contributed by atoms with Gasteiger partial charge >= 0.3 is 0 Å². The lowest BCUT2D eigenvalue weighted by Crippen LogP contribution is -1.77. The summed E-state index contributed by atoms with van der Waals surface area (Å²) in [6.45, 7) is 1.93. The molecule has 2 N–H and O–H groups in total. The summed E-state index contributed by atoms with van der Waals surface area (Å²) in [5, 5.41) is 16.1. The minimum Gasteiger partial charge on any atom is -0.508 e. The molecule has 3 heteroatoms.